The van der Waals surface area contributed by atoms with Crippen LogP contribution in [0, 0.1) is 11.8 Å². The molecule has 7 nitrogen and oxygen atoms in total. The van der Waals surface area contributed by atoms with Gasteiger partial charge in [0.1, 0.15) is 12.4 Å². The predicted octanol–water partition coefficient (Wildman–Crippen LogP) is 3.28. The van der Waals surface area contributed by atoms with Crippen LogP contribution in [0.25, 0.3) is 0 Å². The topological polar surface area (TPSA) is 77.3 Å². The van der Waals surface area contributed by atoms with E-state index >= 15 is 0 Å². The molecule has 0 saturated carbocycles. The van der Waals surface area contributed by atoms with Crippen LogP contribution in [0.3, 0.4) is 0 Å². The number of ether oxygens (including phenoxy) is 1. The largest absolute Gasteiger partial charge is 0.486 e. The second-order valence-corrected chi connectivity index (χ2v) is 10.9. The van der Waals surface area contributed by atoms with Crippen LogP contribution in [0.2, 0.25) is 0 Å². The smallest absolute Gasteiger partial charge is 0.211 e. The average Bonchev–Trinajstić information content (AvgIpc) is 3.30. The minimum absolute atomic E-state index is 0.342. The lowest BCUT2D eigenvalue weighted by Crippen LogP contribution is -2.27. The first-order valence-electron chi connectivity index (χ1n) is 10.0. The quantitative estimate of drug-likeness (QED) is 0.530. The molecule has 160 valence electrons. The van der Waals surface area contributed by atoms with E-state index in [1.807, 2.05) is 30.3 Å². The normalized spacial score (nSPS) is 17.9. The van der Waals surface area contributed by atoms with Gasteiger partial charge in [0.15, 0.2) is 11.0 Å². The molecule has 0 aliphatic carbocycles. The standard InChI is InChI=1S/C20H30N4O3S2/c1-16(2)9-12-24-19(14-27-18-7-5-4-6-8-18)21-22-20(24)28-15-17-10-11-23(13-17)29(3,25)26/h4-8,16-17H,9-15H2,1-3H3/t17-/m1/s1. The monoisotopic (exact) mass is 438 g/mol. The lowest BCUT2D eigenvalue weighted by atomic mass is 10.1. The molecule has 1 saturated heterocycles. The number of rotatable bonds is 10. The van der Waals surface area contributed by atoms with Crippen LogP contribution < -0.4 is 4.74 Å². The van der Waals surface area contributed by atoms with Crippen molar-refractivity contribution in [2.45, 2.75) is 45.0 Å². The van der Waals surface area contributed by atoms with Crippen LogP contribution in [0.4, 0.5) is 0 Å². The Kier molecular flexibility index (Phi) is 7.59. The highest BCUT2D eigenvalue weighted by Gasteiger charge is 2.29. The molecule has 0 bridgehead atoms. The molecule has 0 unspecified atom stereocenters. The molecule has 0 N–H and O–H groups in total. The maximum atomic E-state index is 11.7. The van der Waals surface area contributed by atoms with Crippen LogP contribution >= 0.6 is 11.8 Å². The minimum Gasteiger partial charge on any atom is -0.486 e. The molecule has 0 radical (unpaired) electrons. The van der Waals surface area contributed by atoms with Crippen LogP contribution in [0.5, 0.6) is 5.75 Å². The summed E-state index contributed by atoms with van der Waals surface area (Å²) in [7, 11) is -3.10. The Hall–Kier alpha value is -1.58. The summed E-state index contributed by atoms with van der Waals surface area (Å²) in [4.78, 5) is 0. The maximum absolute atomic E-state index is 11.7. The number of benzene rings is 1. The van der Waals surface area contributed by atoms with E-state index in [2.05, 4.69) is 28.6 Å². The zero-order chi connectivity index (χ0) is 20.9. The average molecular weight is 439 g/mol. The molecule has 1 atom stereocenters. The van der Waals surface area contributed by atoms with Crippen molar-refractivity contribution in [1.82, 2.24) is 19.1 Å². The van der Waals surface area contributed by atoms with Crippen molar-refractivity contribution >= 4 is 21.8 Å². The predicted molar refractivity (Wildman–Crippen MR) is 115 cm³/mol. The van der Waals surface area contributed by atoms with E-state index in [4.69, 9.17) is 4.74 Å². The summed E-state index contributed by atoms with van der Waals surface area (Å²) in [5.74, 6) is 3.39. The zero-order valence-corrected chi connectivity index (χ0v) is 19.0. The van der Waals surface area contributed by atoms with E-state index in [9.17, 15) is 8.42 Å². The fraction of sp³-hybridized carbons (Fsp3) is 0.600. The highest BCUT2D eigenvalue weighted by atomic mass is 32.2. The Bertz CT molecular complexity index is 884. The highest BCUT2D eigenvalue weighted by Crippen LogP contribution is 2.27. The summed E-state index contributed by atoms with van der Waals surface area (Å²) in [6.07, 6.45) is 3.21. The van der Waals surface area contributed by atoms with Gasteiger partial charge in [-0.3, -0.25) is 0 Å². The number of nitrogens with zero attached hydrogens (tertiary/aromatic N) is 4. The van der Waals surface area contributed by atoms with Gasteiger partial charge in [-0.15, -0.1) is 10.2 Å². The third kappa shape index (κ3) is 6.45. The van der Waals surface area contributed by atoms with Crippen LogP contribution in [-0.2, 0) is 23.2 Å². The molecule has 3 rings (SSSR count). The third-order valence-electron chi connectivity index (χ3n) is 5.00. The number of thioether (sulfide) groups is 1. The van der Waals surface area contributed by atoms with Crippen LogP contribution in [0.15, 0.2) is 35.5 Å². The molecule has 2 aromatic rings. The molecule has 1 aromatic heterocycles. The molecule has 0 amide bonds. The first-order valence-corrected chi connectivity index (χ1v) is 12.8. The fourth-order valence-electron chi connectivity index (χ4n) is 3.24. The van der Waals surface area contributed by atoms with Crippen molar-refractivity contribution < 1.29 is 13.2 Å². The van der Waals surface area contributed by atoms with Crippen molar-refractivity contribution in [3.63, 3.8) is 0 Å². The minimum atomic E-state index is -3.10. The summed E-state index contributed by atoms with van der Waals surface area (Å²) in [5, 5.41) is 9.65. The first kappa shape index (κ1) is 22.1. The number of hydrogen-bond donors (Lipinski definition) is 0. The summed E-state index contributed by atoms with van der Waals surface area (Å²) in [6.45, 7) is 6.84. The molecule has 1 aliphatic heterocycles. The van der Waals surface area contributed by atoms with Gasteiger partial charge in [0.25, 0.3) is 0 Å². The number of hydrogen-bond acceptors (Lipinski definition) is 6. The summed E-state index contributed by atoms with van der Waals surface area (Å²) in [5.41, 5.74) is 0. The van der Waals surface area contributed by atoms with Gasteiger partial charge in [0.2, 0.25) is 10.0 Å². The van der Waals surface area contributed by atoms with E-state index in [0.29, 0.717) is 31.5 Å². The van der Waals surface area contributed by atoms with E-state index < -0.39 is 10.0 Å². The Morgan fingerprint density at radius 2 is 2.00 bits per heavy atom. The van der Waals surface area contributed by atoms with Gasteiger partial charge in [-0.1, -0.05) is 43.8 Å². The van der Waals surface area contributed by atoms with Crippen LogP contribution in [-0.4, -0.2) is 52.6 Å². The Morgan fingerprint density at radius 3 is 2.66 bits per heavy atom. The van der Waals surface area contributed by atoms with Crippen molar-refractivity contribution in [3.8, 4) is 5.75 Å². The van der Waals surface area contributed by atoms with Crippen molar-refractivity contribution in [3.05, 3.63) is 36.2 Å². The second kappa shape index (κ2) is 9.95. The van der Waals surface area contributed by atoms with Crippen molar-refractivity contribution in [2.24, 2.45) is 11.8 Å². The van der Waals surface area contributed by atoms with Gasteiger partial charge < -0.3 is 9.30 Å². The lowest BCUT2D eigenvalue weighted by Gasteiger charge is -2.14. The van der Waals surface area contributed by atoms with Gasteiger partial charge in [-0.25, -0.2) is 12.7 Å². The SMILES string of the molecule is CC(C)CCn1c(COc2ccccc2)nnc1SC[C@@H]1CCN(S(C)(=O)=O)C1. The molecule has 9 heteroatoms. The van der Waals surface area contributed by atoms with E-state index in [0.717, 1.165) is 41.9 Å². The molecule has 0 spiro atoms. The fourth-order valence-corrected chi connectivity index (χ4v) is 5.26. The van der Waals surface area contributed by atoms with Gasteiger partial charge >= 0.3 is 0 Å². The number of para-hydroxylation sites is 1. The van der Waals surface area contributed by atoms with Crippen LogP contribution in [0.1, 0.15) is 32.5 Å². The Balaban J connectivity index is 1.63. The Morgan fingerprint density at radius 1 is 1.24 bits per heavy atom. The van der Waals surface area contributed by atoms with E-state index in [1.54, 1.807) is 16.1 Å². The second-order valence-electron chi connectivity index (χ2n) is 7.92. The molecular formula is C20H30N4O3S2. The molecule has 1 aromatic carbocycles. The molecular weight excluding hydrogens is 408 g/mol. The van der Waals surface area contributed by atoms with Crippen molar-refractivity contribution in [2.75, 3.05) is 25.1 Å². The number of sulfonamides is 1. The lowest BCUT2D eigenvalue weighted by molar-refractivity contribution is 0.285. The molecule has 1 fully saturated rings. The summed E-state index contributed by atoms with van der Waals surface area (Å²) in [6, 6.07) is 9.71. The third-order valence-corrected chi connectivity index (χ3v) is 7.47. The molecule has 2 heterocycles. The maximum Gasteiger partial charge on any atom is 0.211 e. The van der Waals surface area contributed by atoms with Gasteiger partial charge in [0, 0.05) is 25.4 Å². The van der Waals surface area contributed by atoms with Gasteiger partial charge in [-0.2, -0.15) is 0 Å². The molecule has 1 aliphatic rings. The summed E-state index contributed by atoms with van der Waals surface area (Å²) < 4.78 is 33.1. The van der Waals surface area contributed by atoms with E-state index in [1.165, 1.54) is 6.26 Å². The summed E-state index contributed by atoms with van der Waals surface area (Å²) >= 11 is 1.66. The van der Waals surface area contributed by atoms with E-state index in [-0.39, 0.29) is 0 Å². The number of aromatic nitrogens is 3. The zero-order valence-electron chi connectivity index (χ0n) is 17.3. The highest BCUT2D eigenvalue weighted by molar-refractivity contribution is 7.99. The van der Waals surface area contributed by atoms with Gasteiger partial charge in [-0.05, 0) is 36.8 Å². The Labute approximate surface area is 177 Å². The van der Waals surface area contributed by atoms with Gasteiger partial charge in [0.05, 0.1) is 6.26 Å². The van der Waals surface area contributed by atoms with Crippen molar-refractivity contribution in [1.29, 1.82) is 0 Å². The first-order chi connectivity index (χ1) is 13.8. The molecule has 29 heavy (non-hydrogen) atoms.